The third-order valence-corrected chi connectivity index (χ3v) is 6.38. The molecule has 27 heavy (non-hydrogen) atoms. The smallest absolute Gasteiger partial charge is 0.403 e. The number of carbonyl (C=O) groups is 1. The van der Waals surface area contributed by atoms with Crippen molar-refractivity contribution >= 4 is 23.8 Å². The fraction of sp³-hybridized carbons (Fsp3) is 0.524. The van der Waals surface area contributed by atoms with E-state index in [1.165, 1.54) is 0 Å². The van der Waals surface area contributed by atoms with E-state index in [2.05, 4.69) is 32.7 Å². The van der Waals surface area contributed by atoms with Crippen LogP contribution in [0.15, 0.2) is 36.7 Å². The zero-order valence-electron chi connectivity index (χ0n) is 16.6. The first-order valence-corrected chi connectivity index (χ1v) is 9.76. The standard InChI is InChI=1S/C21H27BN2O3/c1-20(2)21(3,4)27-22(26-20)16-9-11-24(12-10-16)19(25)18-14-23-13-15-7-5-6-8-17(15)18/h5-8,13-14,16H,9-12H2,1-4H3. The highest BCUT2D eigenvalue weighted by Crippen LogP contribution is 2.42. The Balaban J connectivity index is 1.44. The average Bonchev–Trinajstić information content (AvgIpc) is 2.88. The molecule has 2 aromatic rings. The molecular weight excluding hydrogens is 339 g/mol. The first-order valence-electron chi connectivity index (χ1n) is 9.76. The van der Waals surface area contributed by atoms with Gasteiger partial charge in [-0.05, 0) is 51.7 Å². The van der Waals surface area contributed by atoms with Gasteiger partial charge in [0.25, 0.3) is 5.91 Å². The Hall–Kier alpha value is -1.92. The highest BCUT2D eigenvalue weighted by molar-refractivity contribution is 6.47. The van der Waals surface area contributed by atoms with Crippen molar-refractivity contribution in [3.8, 4) is 0 Å². The van der Waals surface area contributed by atoms with E-state index in [4.69, 9.17) is 9.31 Å². The number of pyridine rings is 1. The molecule has 2 aliphatic rings. The van der Waals surface area contributed by atoms with Gasteiger partial charge in [-0.15, -0.1) is 0 Å². The van der Waals surface area contributed by atoms with E-state index >= 15 is 0 Å². The quantitative estimate of drug-likeness (QED) is 0.756. The third-order valence-electron chi connectivity index (χ3n) is 6.38. The second kappa shape index (κ2) is 6.60. The van der Waals surface area contributed by atoms with Crippen LogP contribution < -0.4 is 0 Å². The summed E-state index contributed by atoms with van der Waals surface area (Å²) in [6.45, 7) is 9.77. The summed E-state index contributed by atoms with van der Waals surface area (Å²) in [4.78, 5) is 19.3. The van der Waals surface area contributed by atoms with Crippen LogP contribution in [-0.4, -0.2) is 47.2 Å². The maximum atomic E-state index is 13.1. The molecule has 2 saturated heterocycles. The van der Waals surface area contributed by atoms with E-state index in [0.717, 1.165) is 36.7 Å². The van der Waals surface area contributed by atoms with Gasteiger partial charge in [-0.2, -0.15) is 0 Å². The van der Waals surface area contributed by atoms with Gasteiger partial charge in [0.1, 0.15) is 0 Å². The molecular formula is C21H27BN2O3. The molecule has 0 radical (unpaired) electrons. The van der Waals surface area contributed by atoms with Gasteiger partial charge in [-0.1, -0.05) is 24.3 Å². The van der Waals surface area contributed by atoms with Crippen LogP contribution in [-0.2, 0) is 9.31 Å². The summed E-state index contributed by atoms with van der Waals surface area (Å²) >= 11 is 0. The second-order valence-electron chi connectivity index (χ2n) is 8.66. The zero-order chi connectivity index (χ0) is 19.2. The number of piperidine rings is 1. The number of benzene rings is 1. The Bertz CT molecular complexity index is 838. The molecule has 0 saturated carbocycles. The van der Waals surface area contributed by atoms with E-state index in [1.807, 2.05) is 29.2 Å². The van der Waals surface area contributed by atoms with Gasteiger partial charge in [0, 0.05) is 30.9 Å². The molecule has 1 aromatic carbocycles. The molecule has 0 aliphatic carbocycles. The Kier molecular flexibility index (Phi) is 4.51. The van der Waals surface area contributed by atoms with Crippen molar-refractivity contribution in [2.24, 2.45) is 0 Å². The monoisotopic (exact) mass is 366 g/mol. The van der Waals surface area contributed by atoms with Crippen LogP contribution in [0.1, 0.15) is 50.9 Å². The minimum Gasteiger partial charge on any atom is -0.403 e. The van der Waals surface area contributed by atoms with Gasteiger partial charge >= 0.3 is 7.12 Å². The van der Waals surface area contributed by atoms with Gasteiger partial charge in [-0.25, -0.2) is 0 Å². The molecule has 0 N–H and O–H groups in total. The highest BCUT2D eigenvalue weighted by Gasteiger charge is 2.53. The fourth-order valence-corrected chi connectivity index (χ4v) is 3.91. The van der Waals surface area contributed by atoms with Crippen molar-refractivity contribution < 1.29 is 14.1 Å². The summed E-state index contributed by atoms with van der Waals surface area (Å²) in [6.07, 6.45) is 5.27. The number of aromatic nitrogens is 1. The molecule has 1 aromatic heterocycles. The summed E-state index contributed by atoms with van der Waals surface area (Å²) in [7, 11) is -0.188. The second-order valence-corrected chi connectivity index (χ2v) is 8.66. The molecule has 5 nitrogen and oxygen atoms in total. The van der Waals surface area contributed by atoms with E-state index < -0.39 is 0 Å². The number of fused-ring (bicyclic) bond motifs is 1. The zero-order valence-corrected chi connectivity index (χ0v) is 16.6. The number of hydrogen-bond acceptors (Lipinski definition) is 4. The van der Waals surface area contributed by atoms with Crippen LogP contribution in [0.4, 0.5) is 0 Å². The summed E-state index contributed by atoms with van der Waals surface area (Å²) in [5.74, 6) is 0.382. The normalized spacial score (nSPS) is 22.4. The van der Waals surface area contributed by atoms with Crippen LogP contribution >= 0.6 is 0 Å². The maximum absolute atomic E-state index is 13.1. The van der Waals surface area contributed by atoms with Crippen LogP contribution in [0.25, 0.3) is 10.8 Å². The number of likely N-dealkylation sites (tertiary alicyclic amines) is 1. The van der Waals surface area contributed by atoms with Crippen LogP contribution in [0.2, 0.25) is 5.82 Å². The minimum atomic E-state index is -0.306. The molecule has 142 valence electrons. The Morgan fingerprint density at radius 3 is 2.37 bits per heavy atom. The lowest BCUT2D eigenvalue weighted by molar-refractivity contribution is 0.00578. The van der Waals surface area contributed by atoms with Crippen molar-refractivity contribution in [1.29, 1.82) is 0 Å². The predicted octanol–water partition coefficient (Wildman–Crippen LogP) is 3.93. The Morgan fingerprint density at radius 2 is 1.70 bits per heavy atom. The van der Waals surface area contributed by atoms with Crippen LogP contribution in [0, 0.1) is 0 Å². The number of hydrogen-bond donors (Lipinski definition) is 0. The lowest BCUT2D eigenvalue weighted by Gasteiger charge is -2.33. The number of carbonyl (C=O) groups excluding carboxylic acids is 1. The fourth-order valence-electron chi connectivity index (χ4n) is 3.91. The number of rotatable bonds is 2. The lowest BCUT2D eigenvalue weighted by Crippen LogP contribution is -2.41. The molecule has 6 heteroatoms. The highest BCUT2D eigenvalue weighted by atomic mass is 16.7. The predicted molar refractivity (Wildman–Crippen MR) is 107 cm³/mol. The van der Waals surface area contributed by atoms with E-state index in [9.17, 15) is 4.79 Å². The molecule has 3 heterocycles. The molecule has 0 bridgehead atoms. The Labute approximate surface area is 161 Å². The molecule has 2 fully saturated rings. The van der Waals surface area contributed by atoms with Crippen molar-refractivity contribution in [3.63, 3.8) is 0 Å². The number of nitrogens with zero attached hydrogens (tertiary/aromatic N) is 2. The summed E-state index contributed by atoms with van der Waals surface area (Å²) in [5.41, 5.74) is 0.0700. The van der Waals surface area contributed by atoms with E-state index in [1.54, 1.807) is 12.4 Å². The van der Waals surface area contributed by atoms with Crippen molar-refractivity contribution in [1.82, 2.24) is 9.88 Å². The topological polar surface area (TPSA) is 51.7 Å². The lowest BCUT2D eigenvalue weighted by atomic mass is 9.66. The van der Waals surface area contributed by atoms with Crippen LogP contribution in [0.3, 0.4) is 0 Å². The third kappa shape index (κ3) is 3.25. The van der Waals surface area contributed by atoms with Gasteiger partial charge < -0.3 is 14.2 Å². The molecule has 0 unspecified atom stereocenters. The van der Waals surface area contributed by atoms with Crippen molar-refractivity contribution in [3.05, 3.63) is 42.2 Å². The average molecular weight is 366 g/mol. The molecule has 0 spiro atoms. The molecule has 4 rings (SSSR count). The van der Waals surface area contributed by atoms with Crippen LogP contribution in [0.5, 0.6) is 0 Å². The van der Waals surface area contributed by atoms with E-state index in [0.29, 0.717) is 11.4 Å². The first-order chi connectivity index (χ1) is 12.8. The van der Waals surface area contributed by atoms with Gasteiger partial charge in [0.15, 0.2) is 0 Å². The molecule has 2 aliphatic heterocycles. The van der Waals surface area contributed by atoms with Gasteiger partial charge in [-0.3, -0.25) is 9.78 Å². The largest absolute Gasteiger partial charge is 0.461 e. The summed E-state index contributed by atoms with van der Waals surface area (Å²) in [6, 6.07) is 7.91. The molecule has 0 atom stereocenters. The summed E-state index contributed by atoms with van der Waals surface area (Å²) < 4.78 is 12.4. The molecule has 1 amide bonds. The van der Waals surface area contributed by atoms with Crippen molar-refractivity contribution in [2.45, 2.75) is 57.6 Å². The summed E-state index contributed by atoms with van der Waals surface area (Å²) in [5, 5.41) is 1.96. The van der Waals surface area contributed by atoms with Crippen molar-refractivity contribution in [2.75, 3.05) is 13.1 Å². The number of amides is 1. The Morgan fingerprint density at radius 1 is 1.07 bits per heavy atom. The maximum Gasteiger partial charge on any atom is 0.461 e. The van der Waals surface area contributed by atoms with Gasteiger partial charge in [0.2, 0.25) is 0 Å². The first kappa shape index (κ1) is 18.4. The SMILES string of the molecule is CC1(C)OB(C2CCN(C(=O)c3cncc4ccccc34)CC2)OC1(C)C. The van der Waals surface area contributed by atoms with Gasteiger partial charge in [0.05, 0.1) is 16.8 Å². The van der Waals surface area contributed by atoms with E-state index in [-0.39, 0.29) is 24.2 Å². The minimum absolute atomic E-state index is 0.0617.